The average Bonchev–Trinajstić information content (AvgIpc) is 2.09. The highest BCUT2D eigenvalue weighted by molar-refractivity contribution is 5.82. The van der Waals surface area contributed by atoms with Crippen molar-refractivity contribution in [2.45, 2.75) is 45.2 Å². The molecule has 0 aromatic rings. The summed E-state index contributed by atoms with van der Waals surface area (Å²) in [5, 5.41) is 6.17. The van der Waals surface area contributed by atoms with Gasteiger partial charge in [-0.3, -0.25) is 4.79 Å². The summed E-state index contributed by atoms with van der Waals surface area (Å²) >= 11 is 0. The van der Waals surface area contributed by atoms with Gasteiger partial charge in [0, 0.05) is 12.6 Å². The maximum atomic E-state index is 11.3. The second-order valence-electron chi connectivity index (χ2n) is 3.46. The van der Waals surface area contributed by atoms with Crippen LogP contribution >= 0.6 is 0 Å². The van der Waals surface area contributed by atoms with E-state index in [2.05, 4.69) is 24.5 Å². The molecule has 0 spiro atoms. The van der Waals surface area contributed by atoms with Crippen LogP contribution in [-0.2, 0) is 4.79 Å². The molecule has 0 aliphatic carbocycles. The number of carbonyl (C=O) groups is 1. The highest BCUT2D eigenvalue weighted by Crippen LogP contribution is 2.04. The van der Waals surface area contributed by atoms with E-state index in [-0.39, 0.29) is 11.9 Å². The summed E-state index contributed by atoms with van der Waals surface area (Å²) in [6.07, 6.45) is 3.15. The molecule has 1 aliphatic heterocycles. The smallest absolute Gasteiger partial charge is 0.237 e. The van der Waals surface area contributed by atoms with Crippen molar-refractivity contribution in [3.63, 3.8) is 0 Å². The summed E-state index contributed by atoms with van der Waals surface area (Å²) in [7, 11) is 0. The molecule has 0 bridgehead atoms. The molecule has 1 saturated heterocycles. The van der Waals surface area contributed by atoms with Crippen molar-refractivity contribution < 1.29 is 4.79 Å². The lowest BCUT2D eigenvalue weighted by molar-refractivity contribution is -0.124. The second-order valence-corrected chi connectivity index (χ2v) is 3.46. The van der Waals surface area contributed by atoms with Crippen LogP contribution < -0.4 is 10.6 Å². The van der Waals surface area contributed by atoms with Gasteiger partial charge in [0.05, 0.1) is 6.04 Å². The quantitative estimate of drug-likeness (QED) is 0.653. The third-order valence-corrected chi connectivity index (χ3v) is 2.38. The van der Waals surface area contributed by atoms with Gasteiger partial charge in [0.1, 0.15) is 0 Å². The zero-order valence-electron chi connectivity index (χ0n) is 7.89. The minimum absolute atomic E-state index is 0.0497. The van der Waals surface area contributed by atoms with Gasteiger partial charge in [-0.2, -0.15) is 0 Å². The van der Waals surface area contributed by atoms with Gasteiger partial charge in [-0.15, -0.1) is 0 Å². The fourth-order valence-corrected chi connectivity index (χ4v) is 1.39. The normalized spacial score (nSPS) is 26.5. The summed E-state index contributed by atoms with van der Waals surface area (Å²) in [6, 6.07) is 0.493. The molecule has 1 heterocycles. The number of hydrogen-bond donors (Lipinski definition) is 2. The molecular weight excluding hydrogens is 152 g/mol. The average molecular weight is 170 g/mol. The van der Waals surface area contributed by atoms with Gasteiger partial charge in [-0.25, -0.2) is 0 Å². The molecule has 1 aliphatic rings. The van der Waals surface area contributed by atoms with Crippen molar-refractivity contribution in [3.8, 4) is 0 Å². The van der Waals surface area contributed by atoms with Crippen LogP contribution in [0.15, 0.2) is 0 Å². The topological polar surface area (TPSA) is 41.1 Å². The van der Waals surface area contributed by atoms with Crippen LogP contribution in [0.1, 0.15) is 33.1 Å². The minimum atomic E-state index is 0.0497. The lowest BCUT2D eigenvalue weighted by atomic mass is 10.1. The monoisotopic (exact) mass is 170 g/mol. The molecule has 70 valence electrons. The van der Waals surface area contributed by atoms with Crippen LogP contribution in [0.3, 0.4) is 0 Å². The van der Waals surface area contributed by atoms with Crippen molar-refractivity contribution in [2.24, 2.45) is 0 Å². The van der Waals surface area contributed by atoms with Crippen LogP contribution in [0.4, 0.5) is 0 Å². The Labute approximate surface area is 73.9 Å². The van der Waals surface area contributed by atoms with Crippen LogP contribution in [0, 0.1) is 0 Å². The SMILES string of the molecule is CCC(C)NC1CCCNC1=O. The number of nitrogens with one attached hydrogen (secondary N) is 2. The first-order valence-electron chi connectivity index (χ1n) is 4.77. The molecule has 1 rings (SSSR count). The maximum absolute atomic E-state index is 11.3. The van der Waals surface area contributed by atoms with Gasteiger partial charge in [0.25, 0.3) is 0 Å². The Morgan fingerprint density at radius 3 is 3.08 bits per heavy atom. The van der Waals surface area contributed by atoms with E-state index >= 15 is 0 Å². The molecule has 0 aromatic carbocycles. The first-order chi connectivity index (χ1) is 5.74. The zero-order valence-corrected chi connectivity index (χ0v) is 7.89. The number of hydrogen-bond acceptors (Lipinski definition) is 2. The molecule has 12 heavy (non-hydrogen) atoms. The Morgan fingerprint density at radius 1 is 1.75 bits per heavy atom. The van der Waals surface area contributed by atoms with Crippen molar-refractivity contribution in [3.05, 3.63) is 0 Å². The van der Waals surface area contributed by atoms with Crippen LogP contribution in [0.5, 0.6) is 0 Å². The first kappa shape index (κ1) is 9.52. The predicted octanol–water partition coefficient (Wildman–Crippen LogP) is 0.653. The van der Waals surface area contributed by atoms with E-state index in [0.717, 1.165) is 25.8 Å². The highest BCUT2D eigenvalue weighted by Gasteiger charge is 2.22. The zero-order chi connectivity index (χ0) is 8.97. The maximum Gasteiger partial charge on any atom is 0.237 e. The minimum Gasteiger partial charge on any atom is -0.355 e. The van der Waals surface area contributed by atoms with Gasteiger partial charge in [-0.05, 0) is 26.2 Å². The second kappa shape index (κ2) is 4.45. The summed E-state index contributed by atoms with van der Waals surface area (Å²) in [6.45, 7) is 5.08. The van der Waals surface area contributed by atoms with Crippen molar-refractivity contribution in [2.75, 3.05) is 6.54 Å². The largest absolute Gasteiger partial charge is 0.355 e. The third-order valence-electron chi connectivity index (χ3n) is 2.38. The van der Waals surface area contributed by atoms with E-state index < -0.39 is 0 Å². The number of amides is 1. The summed E-state index contributed by atoms with van der Waals surface area (Å²) in [5.74, 6) is 0.168. The Bertz CT molecular complexity index is 159. The molecule has 0 aromatic heterocycles. The van der Waals surface area contributed by atoms with E-state index in [9.17, 15) is 4.79 Å². The van der Waals surface area contributed by atoms with E-state index in [1.807, 2.05) is 0 Å². The summed E-state index contributed by atoms with van der Waals surface area (Å²) < 4.78 is 0. The molecule has 3 heteroatoms. The van der Waals surface area contributed by atoms with Crippen LogP contribution in [-0.4, -0.2) is 24.5 Å². The van der Waals surface area contributed by atoms with Crippen molar-refractivity contribution >= 4 is 5.91 Å². The molecule has 2 unspecified atom stereocenters. The molecule has 1 amide bonds. The third kappa shape index (κ3) is 2.48. The van der Waals surface area contributed by atoms with E-state index in [0.29, 0.717) is 6.04 Å². The Hall–Kier alpha value is -0.570. The Balaban J connectivity index is 2.34. The standard InChI is InChI=1S/C9H18N2O/c1-3-7(2)11-8-5-4-6-10-9(8)12/h7-8,11H,3-6H2,1-2H3,(H,10,12). The molecule has 0 radical (unpaired) electrons. The number of carbonyl (C=O) groups excluding carboxylic acids is 1. The van der Waals surface area contributed by atoms with Gasteiger partial charge in [0.2, 0.25) is 5.91 Å². The van der Waals surface area contributed by atoms with Crippen molar-refractivity contribution in [1.29, 1.82) is 0 Å². The predicted molar refractivity (Wildman–Crippen MR) is 48.9 cm³/mol. The lowest BCUT2D eigenvalue weighted by Crippen LogP contribution is -2.50. The molecule has 1 fully saturated rings. The molecule has 2 atom stereocenters. The number of piperidine rings is 1. The fraction of sp³-hybridized carbons (Fsp3) is 0.889. The fourth-order valence-electron chi connectivity index (χ4n) is 1.39. The molecule has 2 N–H and O–H groups in total. The van der Waals surface area contributed by atoms with Gasteiger partial charge in [0.15, 0.2) is 0 Å². The number of rotatable bonds is 3. The van der Waals surface area contributed by atoms with E-state index in [4.69, 9.17) is 0 Å². The molecule has 3 nitrogen and oxygen atoms in total. The van der Waals surface area contributed by atoms with Gasteiger partial charge >= 0.3 is 0 Å². The van der Waals surface area contributed by atoms with E-state index in [1.54, 1.807) is 0 Å². The van der Waals surface area contributed by atoms with Crippen LogP contribution in [0.25, 0.3) is 0 Å². The summed E-state index contributed by atoms with van der Waals surface area (Å²) in [5.41, 5.74) is 0. The lowest BCUT2D eigenvalue weighted by Gasteiger charge is -2.25. The molecular formula is C9H18N2O. The Morgan fingerprint density at radius 2 is 2.50 bits per heavy atom. The first-order valence-corrected chi connectivity index (χ1v) is 4.77. The van der Waals surface area contributed by atoms with E-state index in [1.165, 1.54) is 0 Å². The highest BCUT2D eigenvalue weighted by atomic mass is 16.2. The van der Waals surface area contributed by atoms with Crippen molar-refractivity contribution in [1.82, 2.24) is 10.6 Å². The van der Waals surface area contributed by atoms with Gasteiger partial charge in [-0.1, -0.05) is 6.92 Å². The van der Waals surface area contributed by atoms with Crippen LogP contribution in [0.2, 0.25) is 0 Å². The Kier molecular flexibility index (Phi) is 3.53. The van der Waals surface area contributed by atoms with Gasteiger partial charge < -0.3 is 10.6 Å². The summed E-state index contributed by atoms with van der Waals surface area (Å²) in [4.78, 5) is 11.3. The molecule has 0 saturated carbocycles.